The van der Waals surface area contributed by atoms with Gasteiger partial charge in [-0.1, -0.05) is 36.4 Å². The van der Waals surface area contributed by atoms with Crippen LogP contribution in [0.4, 0.5) is 0 Å². The van der Waals surface area contributed by atoms with Crippen molar-refractivity contribution >= 4 is 23.3 Å². The lowest BCUT2D eigenvalue weighted by atomic mass is 10.2. The molecule has 0 radical (unpaired) electrons. The number of benzene rings is 1. The molecule has 0 unspecified atom stereocenters. The van der Waals surface area contributed by atoms with Gasteiger partial charge in [0.15, 0.2) is 11.1 Å². The molecule has 1 heterocycles. The Morgan fingerprint density at radius 1 is 1.11 bits per heavy atom. The van der Waals surface area contributed by atoms with Crippen LogP contribution >= 0.6 is 12.2 Å². The maximum Gasteiger partial charge on any atom is 0.194 e. The number of nitrogens with zero attached hydrogens (tertiary/aromatic N) is 2. The van der Waals surface area contributed by atoms with Crippen molar-refractivity contribution in [3.8, 4) is 0 Å². The van der Waals surface area contributed by atoms with Crippen molar-refractivity contribution in [3.63, 3.8) is 0 Å². The van der Waals surface area contributed by atoms with Gasteiger partial charge in [0.05, 0.1) is 13.2 Å². The highest BCUT2D eigenvalue weighted by molar-refractivity contribution is 7.80. The monoisotopic (exact) mass is 385 g/mol. The summed E-state index contributed by atoms with van der Waals surface area (Å²) in [5, 5.41) is 11.3. The Balaban J connectivity index is 1.61. The van der Waals surface area contributed by atoms with E-state index in [9.17, 15) is 0 Å². The molecule has 2 rings (SSSR count). The molecule has 1 aromatic heterocycles. The van der Waals surface area contributed by atoms with Crippen molar-refractivity contribution in [1.82, 2.24) is 15.2 Å². The predicted octanol–water partition coefficient (Wildman–Crippen LogP) is 2.34. The Bertz CT molecular complexity index is 696. The molecule has 0 saturated heterocycles. The molecule has 0 atom stereocenters. The largest absolute Gasteiger partial charge is 0.379 e. The second-order valence-electron chi connectivity index (χ2n) is 6.04. The van der Waals surface area contributed by atoms with Crippen molar-refractivity contribution in [1.29, 1.82) is 5.41 Å². The van der Waals surface area contributed by atoms with Gasteiger partial charge in [-0.15, -0.1) is 0 Å². The Morgan fingerprint density at radius 3 is 2.59 bits per heavy atom. The molecule has 144 valence electrons. The lowest BCUT2D eigenvalue weighted by Crippen LogP contribution is -2.48. The first-order chi connectivity index (χ1) is 13.2. The Labute approximate surface area is 166 Å². The third-order valence-corrected chi connectivity index (χ3v) is 4.34. The summed E-state index contributed by atoms with van der Waals surface area (Å²) in [6.45, 7) is 2.37. The third kappa shape index (κ3) is 8.15. The smallest absolute Gasteiger partial charge is 0.194 e. The summed E-state index contributed by atoms with van der Waals surface area (Å²) in [5.74, 6) is -0.0569. The summed E-state index contributed by atoms with van der Waals surface area (Å²) in [5.41, 5.74) is 7.95. The van der Waals surface area contributed by atoms with E-state index in [1.165, 1.54) is 5.56 Å². The minimum absolute atomic E-state index is 0.0569. The van der Waals surface area contributed by atoms with E-state index >= 15 is 0 Å². The van der Waals surface area contributed by atoms with Gasteiger partial charge < -0.3 is 15.8 Å². The summed E-state index contributed by atoms with van der Waals surface area (Å²) in [6, 6.07) is 16.1. The highest BCUT2D eigenvalue weighted by atomic mass is 32.1. The van der Waals surface area contributed by atoms with Gasteiger partial charge in [-0.2, -0.15) is 0 Å². The van der Waals surface area contributed by atoms with Crippen molar-refractivity contribution in [2.75, 3.05) is 26.3 Å². The molecular formula is C20H27N5OS. The van der Waals surface area contributed by atoms with Crippen molar-refractivity contribution in [2.24, 2.45) is 5.73 Å². The van der Waals surface area contributed by atoms with Crippen LogP contribution in [-0.2, 0) is 17.6 Å². The summed E-state index contributed by atoms with van der Waals surface area (Å²) in [4.78, 5) is 5.90. The standard InChI is InChI=1S/C20H27N5OS/c21-19(22)25(14-6-10-18-9-4-5-12-23-18)20(27)24-13-16-26-15-11-17-7-2-1-3-8-17/h1-5,7-9,12H,6,10-11,13-16H2,(H3,21,22)(H,24,27). The molecule has 0 aliphatic heterocycles. The van der Waals surface area contributed by atoms with Crippen molar-refractivity contribution in [2.45, 2.75) is 19.3 Å². The fourth-order valence-corrected chi connectivity index (χ4v) is 2.85. The van der Waals surface area contributed by atoms with Crippen LogP contribution in [0.25, 0.3) is 0 Å². The number of ether oxygens (including phenoxy) is 1. The molecule has 0 aliphatic carbocycles. The number of aromatic nitrogens is 1. The molecular weight excluding hydrogens is 358 g/mol. The molecule has 27 heavy (non-hydrogen) atoms. The summed E-state index contributed by atoms with van der Waals surface area (Å²) >= 11 is 5.36. The van der Waals surface area contributed by atoms with E-state index in [-0.39, 0.29) is 5.96 Å². The number of hydrogen-bond acceptors (Lipinski definition) is 4. The van der Waals surface area contributed by atoms with Gasteiger partial charge in [0.2, 0.25) is 0 Å². The third-order valence-electron chi connectivity index (χ3n) is 3.98. The number of rotatable bonds is 10. The van der Waals surface area contributed by atoms with Crippen molar-refractivity contribution in [3.05, 3.63) is 66.0 Å². The average Bonchev–Trinajstić information content (AvgIpc) is 2.69. The molecule has 1 aromatic carbocycles. The molecule has 0 aliphatic rings. The highest BCUT2D eigenvalue weighted by Crippen LogP contribution is 2.01. The number of nitrogens with two attached hydrogens (primary N) is 1. The highest BCUT2D eigenvalue weighted by Gasteiger charge is 2.12. The minimum Gasteiger partial charge on any atom is -0.379 e. The Hall–Kier alpha value is -2.51. The predicted molar refractivity (Wildman–Crippen MR) is 113 cm³/mol. The fraction of sp³-hybridized carbons (Fsp3) is 0.350. The fourth-order valence-electron chi connectivity index (χ4n) is 2.56. The molecule has 7 heteroatoms. The number of nitrogens with one attached hydrogen (secondary N) is 2. The van der Waals surface area contributed by atoms with E-state index in [0.29, 0.717) is 31.4 Å². The molecule has 0 bridgehead atoms. The van der Waals surface area contributed by atoms with Crippen LogP contribution in [0.1, 0.15) is 17.7 Å². The first-order valence-corrected chi connectivity index (χ1v) is 9.48. The van der Waals surface area contributed by atoms with E-state index in [4.69, 9.17) is 28.1 Å². The van der Waals surface area contributed by atoms with Crippen LogP contribution in [0.15, 0.2) is 54.7 Å². The maximum atomic E-state index is 7.74. The molecule has 2 aromatic rings. The maximum absolute atomic E-state index is 7.74. The van der Waals surface area contributed by atoms with E-state index in [2.05, 4.69) is 22.4 Å². The van der Waals surface area contributed by atoms with Gasteiger partial charge in [0.25, 0.3) is 0 Å². The van der Waals surface area contributed by atoms with Crippen LogP contribution in [0.2, 0.25) is 0 Å². The molecule has 6 nitrogen and oxygen atoms in total. The normalized spacial score (nSPS) is 10.4. The Kier molecular flexibility index (Phi) is 9.23. The van der Waals surface area contributed by atoms with Gasteiger partial charge in [-0.3, -0.25) is 15.3 Å². The second kappa shape index (κ2) is 12.0. The SMILES string of the molecule is N=C(N)N(CCCc1ccccn1)C(=S)NCCOCCc1ccccc1. The van der Waals surface area contributed by atoms with Crippen LogP contribution in [-0.4, -0.2) is 47.3 Å². The van der Waals surface area contributed by atoms with Gasteiger partial charge in [0, 0.05) is 25.0 Å². The lowest BCUT2D eigenvalue weighted by molar-refractivity contribution is 0.141. The van der Waals surface area contributed by atoms with E-state index in [0.717, 1.165) is 25.0 Å². The second-order valence-corrected chi connectivity index (χ2v) is 6.43. The number of aryl methyl sites for hydroxylation is 1. The van der Waals surface area contributed by atoms with Gasteiger partial charge in [0.1, 0.15) is 0 Å². The summed E-state index contributed by atoms with van der Waals surface area (Å²) < 4.78 is 5.63. The first kappa shape index (κ1) is 20.8. The number of hydrogen-bond donors (Lipinski definition) is 3. The quantitative estimate of drug-likeness (QED) is 0.252. The van der Waals surface area contributed by atoms with Crippen LogP contribution in [0.5, 0.6) is 0 Å². The van der Waals surface area contributed by atoms with Crippen LogP contribution in [0.3, 0.4) is 0 Å². The molecule has 0 fully saturated rings. The topological polar surface area (TPSA) is 87.3 Å². The zero-order valence-electron chi connectivity index (χ0n) is 15.4. The first-order valence-electron chi connectivity index (χ1n) is 9.08. The number of guanidine groups is 1. The van der Waals surface area contributed by atoms with Crippen LogP contribution in [0, 0.1) is 5.41 Å². The molecule has 0 spiro atoms. The molecule has 0 amide bonds. The van der Waals surface area contributed by atoms with Gasteiger partial charge >= 0.3 is 0 Å². The number of pyridine rings is 1. The van der Waals surface area contributed by atoms with E-state index in [1.807, 2.05) is 36.4 Å². The van der Waals surface area contributed by atoms with Crippen molar-refractivity contribution < 1.29 is 4.74 Å². The molecule has 0 saturated carbocycles. The zero-order chi connectivity index (χ0) is 19.3. The van der Waals surface area contributed by atoms with Gasteiger partial charge in [-0.05, 0) is 49.2 Å². The van der Waals surface area contributed by atoms with E-state index < -0.39 is 0 Å². The lowest BCUT2D eigenvalue weighted by Gasteiger charge is -2.23. The number of thiocarbonyl (C=S) groups is 1. The van der Waals surface area contributed by atoms with E-state index in [1.54, 1.807) is 11.1 Å². The summed E-state index contributed by atoms with van der Waals surface area (Å²) in [7, 11) is 0. The Morgan fingerprint density at radius 2 is 1.89 bits per heavy atom. The van der Waals surface area contributed by atoms with Crippen LogP contribution < -0.4 is 11.1 Å². The minimum atomic E-state index is -0.0569. The zero-order valence-corrected chi connectivity index (χ0v) is 16.3. The average molecular weight is 386 g/mol. The van der Waals surface area contributed by atoms with Gasteiger partial charge in [-0.25, -0.2) is 0 Å². The summed E-state index contributed by atoms with van der Waals surface area (Å²) in [6.07, 6.45) is 4.29. The molecule has 4 N–H and O–H groups in total.